The molecule has 2 amide bonds. The molecule has 2 heterocycles. The summed E-state index contributed by atoms with van der Waals surface area (Å²) in [4.78, 5) is 30.8. The fourth-order valence-electron chi connectivity index (χ4n) is 3.32. The Bertz CT molecular complexity index is 1090. The van der Waals surface area contributed by atoms with Gasteiger partial charge in [-0.15, -0.1) is 0 Å². The predicted molar refractivity (Wildman–Crippen MR) is 105 cm³/mol. The van der Waals surface area contributed by atoms with Crippen molar-refractivity contribution in [3.8, 4) is 5.75 Å². The Morgan fingerprint density at radius 1 is 1.27 bits per heavy atom. The van der Waals surface area contributed by atoms with Crippen LogP contribution in [-0.2, 0) is 16.1 Å². The van der Waals surface area contributed by atoms with Crippen LogP contribution in [0, 0.1) is 5.82 Å². The number of anilines is 1. The van der Waals surface area contributed by atoms with E-state index in [1.807, 2.05) is 0 Å². The number of nitrogens with one attached hydrogen (secondary N) is 1. The Morgan fingerprint density at radius 3 is 2.77 bits per heavy atom. The summed E-state index contributed by atoms with van der Waals surface area (Å²) in [6, 6.07) is 9.40. The van der Waals surface area contributed by atoms with Crippen molar-refractivity contribution in [3.05, 3.63) is 53.8 Å². The van der Waals surface area contributed by atoms with Crippen LogP contribution in [0.15, 0.2) is 42.5 Å². The van der Waals surface area contributed by atoms with Gasteiger partial charge >= 0.3 is 6.61 Å². The molecule has 6 nitrogen and oxygen atoms in total. The molecule has 10 heteroatoms. The van der Waals surface area contributed by atoms with E-state index in [2.05, 4.69) is 15.0 Å². The van der Waals surface area contributed by atoms with Gasteiger partial charge in [0.2, 0.25) is 11.8 Å². The molecule has 3 aromatic rings. The molecule has 0 spiro atoms. The Hall–Kier alpha value is -3.14. The van der Waals surface area contributed by atoms with Crippen LogP contribution in [-0.4, -0.2) is 34.4 Å². The van der Waals surface area contributed by atoms with Gasteiger partial charge in [-0.05, 0) is 42.3 Å². The van der Waals surface area contributed by atoms with Crippen molar-refractivity contribution in [2.24, 2.45) is 0 Å². The second kappa shape index (κ2) is 8.31. The average Bonchev–Trinajstić information content (AvgIpc) is 3.25. The summed E-state index contributed by atoms with van der Waals surface area (Å²) in [6.07, 6.45) is 0.590. The highest BCUT2D eigenvalue weighted by Crippen LogP contribution is 2.28. The first-order valence-electron chi connectivity index (χ1n) is 9.09. The molecule has 1 atom stereocenters. The van der Waals surface area contributed by atoms with Gasteiger partial charge < -0.3 is 15.0 Å². The van der Waals surface area contributed by atoms with Crippen LogP contribution in [0.4, 0.5) is 18.3 Å². The van der Waals surface area contributed by atoms with Crippen LogP contribution in [0.2, 0.25) is 0 Å². The number of amides is 2. The average molecular weight is 435 g/mol. The second-order valence-corrected chi connectivity index (χ2v) is 7.75. The van der Waals surface area contributed by atoms with E-state index in [1.165, 1.54) is 35.2 Å². The normalized spacial score (nSPS) is 16.5. The molecule has 0 radical (unpaired) electrons. The van der Waals surface area contributed by atoms with Gasteiger partial charge in [0.15, 0.2) is 5.13 Å². The summed E-state index contributed by atoms with van der Waals surface area (Å²) in [5.74, 6) is -0.919. The zero-order valence-corrected chi connectivity index (χ0v) is 16.3. The molecule has 30 heavy (non-hydrogen) atoms. The molecule has 1 fully saturated rings. The van der Waals surface area contributed by atoms with Crippen molar-refractivity contribution >= 4 is 38.5 Å². The van der Waals surface area contributed by atoms with Gasteiger partial charge in [0, 0.05) is 13.0 Å². The van der Waals surface area contributed by atoms with E-state index in [1.54, 1.807) is 12.1 Å². The van der Waals surface area contributed by atoms with E-state index in [9.17, 15) is 22.8 Å². The van der Waals surface area contributed by atoms with E-state index in [-0.39, 0.29) is 36.3 Å². The van der Waals surface area contributed by atoms with Gasteiger partial charge in [-0.25, -0.2) is 9.37 Å². The highest BCUT2D eigenvalue weighted by Gasteiger charge is 2.36. The first-order valence-corrected chi connectivity index (χ1v) is 9.91. The predicted octanol–water partition coefficient (Wildman–Crippen LogP) is 4.17. The molecule has 1 saturated heterocycles. The summed E-state index contributed by atoms with van der Waals surface area (Å²) in [5.41, 5.74) is 1.25. The van der Waals surface area contributed by atoms with Gasteiger partial charge in [0.25, 0.3) is 0 Å². The fourth-order valence-corrected chi connectivity index (χ4v) is 4.21. The molecule has 0 aliphatic carbocycles. The monoisotopic (exact) mass is 435 g/mol. The number of nitrogens with zero attached hydrogens (tertiary/aromatic N) is 2. The van der Waals surface area contributed by atoms with E-state index in [4.69, 9.17) is 0 Å². The minimum atomic E-state index is -2.91. The zero-order chi connectivity index (χ0) is 21.3. The number of benzene rings is 2. The molecular formula is C20H16F3N3O3S. The molecule has 1 unspecified atom stereocenters. The lowest BCUT2D eigenvalue weighted by molar-refractivity contribution is -0.133. The second-order valence-electron chi connectivity index (χ2n) is 6.72. The number of ether oxygens (including phenoxy) is 1. The summed E-state index contributed by atoms with van der Waals surface area (Å²) in [6.45, 7) is -2.75. The van der Waals surface area contributed by atoms with Crippen LogP contribution in [0.3, 0.4) is 0 Å². The molecule has 1 aromatic heterocycles. The van der Waals surface area contributed by atoms with Crippen LogP contribution in [0.5, 0.6) is 5.75 Å². The maximum Gasteiger partial charge on any atom is 0.387 e. The van der Waals surface area contributed by atoms with Gasteiger partial charge in [0.1, 0.15) is 17.6 Å². The Labute approximate surface area is 173 Å². The first-order chi connectivity index (χ1) is 14.4. The van der Waals surface area contributed by atoms with Gasteiger partial charge in [-0.2, -0.15) is 8.78 Å². The van der Waals surface area contributed by atoms with Crippen molar-refractivity contribution in [2.45, 2.75) is 32.0 Å². The smallest absolute Gasteiger partial charge is 0.387 e. The van der Waals surface area contributed by atoms with Crippen molar-refractivity contribution in [1.29, 1.82) is 0 Å². The molecular weight excluding hydrogens is 419 g/mol. The third-order valence-electron chi connectivity index (χ3n) is 4.71. The van der Waals surface area contributed by atoms with E-state index < -0.39 is 12.7 Å². The molecule has 4 rings (SSSR count). The number of hydrogen-bond acceptors (Lipinski definition) is 5. The lowest BCUT2D eigenvalue weighted by Gasteiger charge is -2.23. The standard InChI is InChI=1S/C20H16F3N3O3S/c21-12-3-6-14-16(9-12)30-20(24-14)25-18(28)15-7-8-17(27)26(15)10-11-1-4-13(5-2-11)29-19(22)23/h1-6,9,15,19H,7-8,10H2,(H,24,25,28). The first kappa shape index (κ1) is 20.1. The maximum absolute atomic E-state index is 13.3. The third kappa shape index (κ3) is 4.38. The Kier molecular flexibility index (Phi) is 5.58. The number of fused-ring (bicyclic) bond motifs is 1. The quantitative estimate of drug-likeness (QED) is 0.631. The topological polar surface area (TPSA) is 71.5 Å². The molecule has 0 bridgehead atoms. The lowest BCUT2D eigenvalue weighted by Crippen LogP contribution is -2.41. The fraction of sp³-hybridized carbons (Fsp3) is 0.250. The number of carbonyl (C=O) groups is 2. The SMILES string of the molecule is O=C(Nc1nc2ccc(F)cc2s1)C1CCC(=O)N1Cc1ccc(OC(F)F)cc1. The van der Waals surface area contributed by atoms with Crippen molar-refractivity contribution in [2.75, 3.05) is 5.32 Å². The van der Waals surface area contributed by atoms with Crippen LogP contribution >= 0.6 is 11.3 Å². The molecule has 1 aliphatic rings. The number of likely N-dealkylation sites (tertiary alicyclic amines) is 1. The molecule has 1 aliphatic heterocycles. The van der Waals surface area contributed by atoms with Crippen molar-refractivity contribution in [3.63, 3.8) is 0 Å². The minimum absolute atomic E-state index is 0.0167. The molecule has 0 saturated carbocycles. The van der Waals surface area contributed by atoms with E-state index >= 15 is 0 Å². The Balaban J connectivity index is 1.45. The third-order valence-corrected chi connectivity index (χ3v) is 5.65. The Morgan fingerprint density at radius 2 is 2.03 bits per heavy atom. The summed E-state index contributed by atoms with van der Waals surface area (Å²) >= 11 is 1.15. The summed E-state index contributed by atoms with van der Waals surface area (Å²) < 4.78 is 42.8. The van der Waals surface area contributed by atoms with Crippen LogP contribution < -0.4 is 10.1 Å². The van der Waals surface area contributed by atoms with E-state index in [0.717, 1.165) is 11.3 Å². The highest BCUT2D eigenvalue weighted by molar-refractivity contribution is 7.22. The maximum atomic E-state index is 13.3. The number of thiazole rings is 1. The summed E-state index contributed by atoms with van der Waals surface area (Å²) in [5, 5.41) is 3.04. The van der Waals surface area contributed by atoms with Crippen LogP contribution in [0.1, 0.15) is 18.4 Å². The minimum Gasteiger partial charge on any atom is -0.435 e. The molecule has 2 aromatic carbocycles. The number of aromatic nitrogens is 1. The highest BCUT2D eigenvalue weighted by atomic mass is 32.1. The van der Waals surface area contributed by atoms with Crippen molar-refractivity contribution in [1.82, 2.24) is 9.88 Å². The van der Waals surface area contributed by atoms with Gasteiger partial charge in [-0.1, -0.05) is 23.5 Å². The number of carbonyl (C=O) groups excluding carboxylic acids is 2. The lowest BCUT2D eigenvalue weighted by atomic mass is 10.1. The zero-order valence-electron chi connectivity index (χ0n) is 15.5. The number of alkyl halides is 2. The molecule has 156 valence electrons. The van der Waals surface area contributed by atoms with Crippen molar-refractivity contribution < 1.29 is 27.5 Å². The van der Waals surface area contributed by atoms with Gasteiger partial charge in [0.05, 0.1) is 10.2 Å². The van der Waals surface area contributed by atoms with Gasteiger partial charge in [-0.3, -0.25) is 9.59 Å². The van der Waals surface area contributed by atoms with Crippen LogP contribution in [0.25, 0.3) is 10.2 Å². The molecule has 1 N–H and O–H groups in total. The van der Waals surface area contributed by atoms with E-state index in [0.29, 0.717) is 27.3 Å². The number of halogens is 3. The number of rotatable bonds is 6. The summed E-state index contributed by atoms with van der Waals surface area (Å²) in [7, 11) is 0. The largest absolute Gasteiger partial charge is 0.435 e. The number of hydrogen-bond donors (Lipinski definition) is 1.